The summed E-state index contributed by atoms with van der Waals surface area (Å²) in [5.41, 5.74) is 3.08. The monoisotopic (exact) mass is 658 g/mol. The van der Waals surface area contributed by atoms with Gasteiger partial charge in [-0.15, -0.1) is 0 Å². The predicted octanol–water partition coefficient (Wildman–Crippen LogP) is 6.84. The van der Waals surface area contributed by atoms with Crippen LogP contribution in [-0.4, -0.2) is 49.7 Å². The Morgan fingerprint density at radius 1 is 0.898 bits per heavy atom. The van der Waals surface area contributed by atoms with Crippen LogP contribution in [0.2, 0.25) is 0 Å². The zero-order chi connectivity index (χ0) is 34.8. The largest absolute Gasteiger partial charge is 0.508 e. The van der Waals surface area contributed by atoms with Crippen LogP contribution in [0.1, 0.15) is 38.2 Å². The molecule has 0 radical (unpaired) electrons. The number of azo groups is 1. The molecule has 7 rings (SSSR count). The van der Waals surface area contributed by atoms with Crippen molar-refractivity contribution in [3.8, 4) is 11.5 Å². The number of hydrogen-bond donors (Lipinski definition) is 1. The van der Waals surface area contributed by atoms with Gasteiger partial charge >= 0.3 is 0 Å². The quantitative estimate of drug-likeness (QED) is 0.174. The third kappa shape index (κ3) is 5.00. The van der Waals surface area contributed by atoms with E-state index >= 15 is 0 Å². The summed E-state index contributed by atoms with van der Waals surface area (Å²) in [6.45, 7) is 3.43. The SMILES string of the molecule is COc1cccc(O)c1[C@H]1C2=CC[C@@H]3C(=O)N(c4ccc(N=Nc5ccc(N(C)C)cc5)cc4)C(=O)[C@@H]3[C@@H]2C[C@H]2C(=O)C=C(C)C(=O)[C@@]12C. The van der Waals surface area contributed by atoms with E-state index in [4.69, 9.17) is 4.74 Å². The number of aromatic hydroxyl groups is 1. The average Bonchev–Trinajstić information content (AvgIpc) is 3.35. The van der Waals surface area contributed by atoms with Crippen molar-refractivity contribution in [2.24, 2.45) is 39.3 Å². The number of amides is 2. The lowest BCUT2D eigenvalue weighted by atomic mass is 9.47. The summed E-state index contributed by atoms with van der Waals surface area (Å²) in [6.07, 6.45) is 3.89. The Morgan fingerprint density at radius 3 is 2.18 bits per heavy atom. The second-order valence-electron chi connectivity index (χ2n) is 13.8. The van der Waals surface area contributed by atoms with Gasteiger partial charge in [0.05, 0.1) is 41.4 Å². The zero-order valence-corrected chi connectivity index (χ0v) is 28.1. The normalized spacial score (nSPS) is 27.8. The molecule has 0 bridgehead atoms. The maximum Gasteiger partial charge on any atom is 0.238 e. The second-order valence-corrected chi connectivity index (χ2v) is 13.8. The molecule has 1 saturated heterocycles. The first-order chi connectivity index (χ1) is 23.4. The van der Waals surface area contributed by atoms with Crippen LogP contribution >= 0.6 is 0 Å². The van der Waals surface area contributed by atoms with Crippen LogP contribution in [0.25, 0.3) is 0 Å². The molecule has 1 saturated carbocycles. The number of Topliss-reactive ketones (excluding diaryl/α,β-unsaturated/α-hetero) is 1. The first kappa shape index (κ1) is 32.2. The first-order valence-corrected chi connectivity index (χ1v) is 16.5. The van der Waals surface area contributed by atoms with Crippen molar-refractivity contribution >= 4 is 46.1 Å². The van der Waals surface area contributed by atoms with Gasteiger partial charge in [-0.1, -0.05) is 24.6 Å². The lowest BCUT2D eigenvalue weighted by Gasteiger charge is -2.53. The number of nitrogens with zero attached hydrogens (tertiary/aromatic N) is 4. The highest BCUT2D eigenvalue weighted by molar-refractivity contribution is 6.22. The molecule has 2 amide bonds. The molecule has 1 aliphatic heterocycles. The molecule has 3 aromatic carbocycles. The number of ether oxygens (including phenoxy) is 1. The summed E-state index contributed by atoms with van der Waals surface area (Å²) < 4.78 is 5.69. The Bertz CT molecular complexity index is 1980. The van der Waals surface area contributed by atoms with E-state index in [0.717, 1.165) is 11.3 Å². The molecule has 10 nitrogen and oxygen atoms in total. The van der Waals surface area contributed by atoms with Gasteiger partial charge in [-0.25, -0.2) is 0 Å². The summed E-state index contributed by atoms with van der Waals surface area (Å²) in [6, 6.07) is 19.4. The number of phenols is 1. The van der Waals surface area contributed by atoms with Gasteiger partial charge in [0, 0.05) is 37.2 Å². The number of phenolic OH excluding ortho intramolecular Hbond substituents is 1. The highest BCUT2D eigenvalue weighted by Crippen LogP contribution is 2.64. The Kier molecular flexibility index (Phi) is 7.84. The van der Waals surface area contributed by atoms with E-state index in [-0.39, 0.29) is 35.6 Å². The number of ketones is 2. The Balaban J connectivity index is 1.22. The number of anilines is 2. The van der Waals surface area contributed by atoms with E-state index in [1.807, 2.05) is 49.3 Å². The van der Waals surface area contributed by atoms with Gasteiger partial charge in [0.15, 0.2) is 11.6 Å². The van der Waals surface area contributed by atoms with Gasteiger partial charge in [-0.3, -0.25) is 24.1 Å². The smallest absolute Gasteiger partial charge is 0.238 e. The van der Waals surface area contributed by atoms with Gasteiger partial charge in [0.25, 0.3) is 0 Å². The molecule has 6 atom stereocenters. The van der Waals surface area contributed by atoms with Crippen LogP contribution in [0, 0.1) is 29.1 Å². The molecule has 3 aliphatic carbocycles. The zero-order valence-electron chi connectivity index (χ0n) is 28.1. The molecule has 250 valence electrons. The minimum absolute atomic E-state index is 0.0567. The number of allylic oxidation sites excluding steroid dienone is 4. The molecule has 0 unspecified atom stereocenters. The van der Waals surface area contributed by atoms with E-state index in [1.54, 1.807) is 56.3 Å². The van der Waals surface area contributed by atoms with Crippen molar-refractivity contribution in [1.82, 2.24) is 0 Å². The molecule has 4 aliphatic rings. The van der Waals surface area contributed by atoms with Gasteiger partial charge < -0.3 is 14.7 Å². The highest BCUT2D eigenvalue weighted by Gasteiger charge is 2.64. The van der Waals surface area contributed by atoms with E-state index in [9.17, 15) is 24.3 Å². The average molecular weight is 659 g/mol. The lowest BCUT2D eigenvalue weighted by Crippen LogP contribution is -2.54. The van der Waals surface area contributed by atoms with E-state index in [0.29, 0.717) is 40.4 Å². The molecule has 0 spiro atoms. The fourth-order valence-electron chi connectivity index (χ4n) is 8.56. The van der Waals surface area contributed by atoms with E-state index < -0.39 is 35.0 Å². The number of carbonyl (C=O) groups excluding carboxylic acids is 4. The van der Waals surface area contributed by atoms with Crippen molar-refractivity contribution in [2.45, 2.75) is 32.6 Å². The Labute approximate surface area is 284 Å². The summed E-state index contributed by atoms with van der Waals surface area (Å²) in [5, 5.41) is 19.9. The number of benzene rings is 3. The summed E-state index contributed by atoms with van der Waals surface area (Å²) >= 11 is 0. The molecule has 10 heteroatoms. The van der Waals surface area contributed by atoms with Crippen molar-refractivity contribution in [3.05, 3.63) is 95.6 Å². The number of hydrogen-bond acceptors (Lipinski definition) is 9. The maximum atomic E-state index is 14.3. The van der Waals surface area contributed by atoms with Crippen molar-refractivity contribution < 1.29 is 29.0 Å². The van der Waals surface area contributed by atoms with Crippen LogP contribution < -0.4 is 14.5 Å². The minimum atomic E-state index is -1.22. The number of fused-ring (bicyclic) bond motifs is 4. The fraction of sp³-hybridized carbons (Fsp3) is 0.333. The molecule has 1 N–H and O–H groups in total. The molecular weight excluding hydrogens is 620 g/mol. The van der Waals surface area contributed by atoms with E-state index in [1.165, 1.54) is 18.1 Å². The number of rotatable bonds is 6. The highest BCUT2D eigenvalue weighted by atomic mass is 16.5. The number of carbonyl (C=O) groups is 4. The predicted molar refractivity (Wildman–Crippen MR) is 184 cm³/mol. The third-order valence-corrected chi connectivity index (χ3v) is 10.9. The van der Waals surface area contributed by atoms with E-state index in [2.05, 4.69) is 10.2 Å². The van der Waals surface area contributed by atoms with Crippen LogP contribution in [0.4, 0.5) is 22.7 Å². The molecule has 3 aromatic rings. The van der Waals surface area contributed by atoms with Crippen LogP contribution in [-0.2, 0) is 19.2 Å². The van der Waals surface area contributed by atoms with Crippen LogP contribution in [0.5, 0.6) is 11.5 Å². The Morgan fingerprint density at radius 2 is 1.55 bits per heavy atom. The van der Waals surface area contributed by atoms with Crippen molar-refractivity contribution in [1.29, 1.82) is 0 Å². The van der Waals surface area contributed by atoms with Crippen LogP contribution in [0.3, 0.4) is 0 Å². The van der Waals surface area contributed by atoms with Gasteiger partial charge in [0.2, 0.25) is 11.8 Å². The standard InChI is InChI=1S/C39H38N4O6/c1-21-19-31(45)29-20-28-26(35(39(29,2)36(21)46)34-30(44)7-6-8-32(34)49-5)17-18-27-33(28)38(48)43(37(27)47)25-15-11-23(12-16-25)41-40-22-9-13-24(14-10-22)42(3)4/h6-17,19,27-29,33,35,44H,18,20H2,1-5H3/t27-,28+,29-,33-,35+,39+/m0/s1. The third-order valence-electron chi connectivity index (χ3n) is 10.9. The van der Waals surface area contributed by atoms with Gasteiger partial charge in [-0.05, 0) is 98.0 Å². The first-order valence-electron chi connectivity index (χ1n) is 16.5. The second kappa shape index (κ2) is 11.9. The molecule has 49 heavy (non-hydrogen) atoms. The molecule has 2 fully saturated rings. The molecular formula is C39H38N4O6. The Hall–Kier alpha value is -5.38. The fourth-order valence-corrected chi connectivity index (χ4v) is 8.56. The number of methoxy groups -OCH3 is 1. The molecule has 0 aromatic heterocycles. The summed E-state index contributed by atoms with van der Waals surface area (Å²) in [4.78, 5) is 59.3. The number of imide groups is 1. The summed E-state index contributed by atoms with van der Waals surface area (Å²) in [5.74, 6) is -4.00. The van der Waals surface area contributed by atoms with Crippen LogP contribution in [0.15, 0.2) is 100 Å². The molecule has 1 heterocycles. The van der Waals surface area contributed by atoms with Crippen molar-refractivity contribution in [2.75, 3.05) is 31.0 Å². The summed E-state index contributed by atoms with van der Waals surface area (Å²) in [7, 11) is 5.42. The topological polar surface area (TPSA) is 129 Å². The lowest BCUT2D eigenvalue weighted by molar-refractivity contribution is -0.141. The maximum absolute atomic E-state index is 14.3. The van der Waals surface area contributed by atoms with Gasteiger partial charge in [-0.2, -0.15) is 10.2 Å². The van der Waals surface area contributed by atoms with Crippen molar-refractivity contribution in [3.63, 3.8) is 0 Å². The van der Waals surface area contributed by atoms with Gasteiger partial charge in [0.1, 0.15) is 11.5 Å². The minimum Gasteiger partial charge on any atom is -0.508 e.